The third-order valence-electron chi connectivity index (χ3n) is 3.64. The Hall–Kier alpha value is -2.25. The van der Waals surface area contributed by atoms with Crippen LogP contribution in [0.3, 0.4) is 0 Å². The second kappa shape index (κ2) is 7.76. The molecule has 2 heterocycles. The molecule has 1 aliphatic heterocycles. The first-order valence-electron chi connectivity index (χ1n) is 7.65. The van der Waals surface area contributed by atoms with E-state index in [-0.39, 0.29) is 19.3 Å². The SMILES string of the molecule is CCN(Cc1ccc(Cl)s1)C(=O)COC(=O)c1ccc2c(c1)OCO2. The number of fused-ring (bicyclic) bond motifs is 1. The molecule has 0 saturated carbocycles. The van der Waals surface area contributed by atoms with Gasteiger partial charge >= 0.3 is 5.97 Å². The minimum Gasteiger partial charge on any atom is -0.454 e. The van der Waals surface area contributed by atoms with Crippen molar-refractivity contribution in [2.24, 2.45) is 0 Å². The van der Waals surface area contributed by atoms with Crippen LogP contribution in [0, 0.1) is 0 Å². The van der Waals surface area contributed by atoms with Crippen molar-refractivity contribution in [2.45, 2.75) is 13.5 Å². The number of rotatable bonds is 6. The number of halogens is 1. The summed E-state index contributed by atoms with van der Waals surface area (Å²) in [5.74, 6) is 0.230. The van der Waals surface area contributed by atoms with Crippen molar-refractivity contribution in [1.29, 1.82) is 0 Å². The lowest BCUT2D eigenvalue weighted by Crippen LogP contribution is -2.33. The van der Waals surface area contributed by atoms with Gasteiger partial charge < -0.3 is 19.1 Å². The minimum absolute atomic E-state index is 0.129. The van der Waals surface area contributed by atoms with E-state index in [4.69, 9.17) is 25.8 Å². The van der Waals surface area contributed by atoms with Crippen LogP contribution in [0.25, 0.3) is 0 Å². The number of carbonyl (C=O) groups excluding carboxylic acids is 2. The molecule has 0 fully saturated rings. The number of nitrogens with zero attached hydrogens (tertiary/aromatic N) is 1. The topological polar surface area (TPSA) is 65.1 Å². The molecule has 1 aromatic heterocycles. The summed E-state index contributed by atoms with van der Waals surface area (Å²) in [5, 5.41) is 0. The smallest absolute Gasteiger partial charge is 0.338 e. The monoisotopic (exact) mass is 381 g/mol. The predicted octanol–water partition coefficient (Wildman–Crippen LogP) is 3.34. The molecule has 0 unspecified atom stereocenters. The number of likely N-dealkylation sites (N-methyl/N-ethyl adjacent to an activating group) is 1. The van der Waals surface area contributed by atoms with Crippen LogP contribution >= 0.6 is 22.9 Å². The molecule has 1 amide bonds. The molecular weight excluding hydrogens is 366 g/mol. The lowest BCUT2D eigenvalue weighted by molar-refractivity contribution is -0.134. The molecule has 3 rings (SSSR count). The van der Waals surface area contributed by atoms with Crippen LogP contribution in [0.4, 0.5) is 0 Å². The number of hydrogen-bond donors (Lipinski definition) is 0. The number of carbonyl (C=O) groups is 2. The Balaban J connectivity index is 1.56. The fraction of sp³-hybridized carbons (Fsp3) is 0.294. The van der Waals surface area contributed by atoms with Crippen molar-refractivity contribution in [2.75, 3.05) is 19.9 Å². The quantitative estimate of drug-likeness (QED) is 0.718. The highest BCUT2D eigenvalue weighted by molar-refractivity contribution is 7.16. The van der Waals surface area contributed by atoms with Crippen molar-refractivity contribution in [3.8, 4) is 11.5 Å². The van der Waals surface area contributed by atoms with E-state index in [1.54, 1.807) is 29.2 Å². The summed E-state index contributed by atoms with van der Waals surface area (Å²) >= 11 is 7.32. The number of ether oxygens (including phenoxy) is 3. The highest BCUT2D eigenvalue weighted by Gasteiger charge is 2.19. The molecule has 0 saturated heterocycles. The normalized spacial score (nSPS) is 12.1. The van der Waals surface area contributed by atoms with Gasteiger partial charge in [0.1, 0.15) is 0 Å². The molecule has 1 aliphatic rings. The van der Waals surface area contributed by atoms with E-state index in [1.807, 2.05) is 13.0 Å². The fourth-order valence-electron chi connectivity index (χ4n) is 2.33. The maximum atomic E-state index is 12.3. The van der Waals surface area contributed by atoms with Crippen molar-refractivity contribution in [3.05, 3.63) is 45.1 Å². The largest absolute Gasteiger partial charge is 0.454 e. The second-order valence-electron chi connectivity index (χ2n) is 5.26. The van der Waals surface area contributed by atoms with E-state index in [2.05, 4.69) is 0 Å². The minimum atomic E-state index is -0.582. The van der Waals surface area contributed by atoms with Crippen LogP contribution in [-0.2, 0) is 16.1 Å². The Kier molecular flexibility index (Phi) is 5.45. The molecule has 8 heteroatoms. The van der Waals surface area contributed by atoms with E-state index in [1.165, 1.54) is 11.3 Å². The number of amides is 1. The standard InChI is InChI=1S/C17H16ClNO5S/c1-2-19(8-12-4-6-15(18)25-12)16(20)9-22-17(21)11-3-5-13-14(7-11)24-10-23-13/h3-7H,2,8-10H2,1H3. The summed E-state index contributed by atoms with van der Waals surface area (Å²) in [6.45, 7) is 2.63. The molecule has 6 nitrogen and oxygen atoms in total. The first-order valence-corrected chi connectivity index (χ1v) is 8.85. The van der Waals surface area contributed by atoms with Gasteiger partial charge in [-0.15, -0.1) is 11.3 Å². The molecule has 132 valence electrons. The summed E-state index contributed by atoms with van der Waals surface area (Å²) in [6.07, 6.45) is 0. The Morgan fingerprint density at radius 3 is 2.76 bits per heavy atom. The van der Waals surface area contributed by atoms with Crippen LogP contribution in [0.1, 0.15) is 22.2 Å². The lowest BCUT2D eigenvalue weighted by Gasteiger charge is -2.20. The highest BCUT2D eigenvalue weighted by Crippen LogP contribution is 2.32. The van der Waals surface area contributed by atoms with Gasteiger partial charge in [-0.2, -0.15) is 0 Å². The van der Waals surface area contributed by atoms with Crippen molar-refractivity contribution >= 4 is 34.8 Å². The first kappa shape index (κ1) is 17.6. The molecule has 1 aromatic carbocycles. The molecule has 0 spiro atoms. The zero-order chi connectivity index (χ0) is 17.8. The van der Waals surface area contributed by atoms with E-state index in [0.29, 0.717) is 34.5 Å². The van der Waals surface area contributed by atoms with Gasteiger partial charge in [0, 0.05) is 11.4 Å². The highest BCUT2D eigenvalue weighted by atomic mass is 35.5. The number of thiophene rings is 1. The van der Waals surface area contributed by atoms with Crippen LogP contribution < -0.4 is 9.47 Å². The predicted molar refractivity (Wildman–Crippen MR) is 93.3 cm³/mol. The van der Waals surface area contributed by atoms with Gasteiger partial charge in [-0.25, -0.2) is 4.79 Å². The Morgan fingerprint density at radius 1 is 1.24 bits per heavy atom. The zero-order valence-corrected chi connectivity index (χ0v) is 15.1. The van der Waals surface area contributed by atoms with Crippen molar-refractivity contribution < 1.29 is 23.8 Å². The summed E-state index contributed by atoms with van der Waals surface area (Å²) in [7, 11) is 0. The maximum Gasteiger partial charge on any atom is 0.338 e. The third-order valence-corrected chi connectivity index (χ3v) is 4.86. The number of benzene rings is 1. The number of hydrogen-bond acceptors (Lipinski definition) is 6. The third kappa shape index (κ3) is 4.24. The maximum absolute atomic E-state index is 12.3. The van der Waals surface area contributed by atoms with Crippen LogP contribution in [0.15, 0.2) is 30.3 Å². The average molecular weight is 382 g/mol. The van der Waals surface area contributed by atoms with Crippen LogP contribution in [-0.4, -0.2) is 36.7 Å². The van der Waals surface area contributed by atoms with Gasteiger partial charge in [-0.05, 0) is 37.3 Å². The van der Waals surface area contributed by atoms with Gasteiger partial charge in [-0.3, -0.25) is 4.79 Å². The lowest BCUT2D eigenvalue weighted by atomic mass is 10.2. The number of esters is 1. The summed E-state index contributed by atoms with van der Waals surface area (Å²) in [6, 6.07) is 8.42. The van der Waals surface area contributed by atoms with Crippen molar-refractivity contribution in [1.82, 2.24) is 4.90 Å². The summed E-state index contributed by atoms with van der Waals surface area (Å²) in [5.41, 5.74) is 0.310. The van der Waals surface area contributed by atoms with Gasteiger partial charge in [-0.1, -0.05) is 11.6 Å². The average Bonchev–Trinajstić information content (AvgIpc) is 3.24. The molecule has 0 aliphatic carbocycles. The van der Waals surface area contributed by atoms with E-state index in [9.17, 15) is 9.59 Å². The van der Waals surface area contributed by atoms with E-state index in [0.717, 1.165) is 4.88 Å². The summed E-state index contributed by atoms with van der Waals surface area (Å²) in [4.78, 5) is 27.0. The van der Waals surface area contributed by atoms with Crippen LogP contribution in [0.5, 0.6) is 11.5 Å². The molecule has 25 heavy (non-hydrogen) atoms. The zero-order valence-electron chi connectivity index (χ0n) is 13.5. The van der Waals surface area contributed by atoms with Gasteiger partial charge in [0.2, 0.25) is 6.79 Å². The Morgan fingerprint density at radius 2 is 2.04 bits per heavy atom. The summed E-state index contributed by atoms with van der Waals surface area (Å²) < 4.78 is 16.2. The van der Waals surface area contributed by atoms with Crippen molar-refractivity contribution in [3.63, 3.8) is 0 Å². The van der Waals surface area contributed by atoms with Gasteiger partial charge in [0.05, 0.1) is 16.4 Å². The fourth-order valence-corrected chi connectivity index (χ4v) is 3.43. The Labute approximate surface area is 153 Å². The molecular formula is C17H16ClNO5S. The molecule has 0 bridgehead atoms. The van der Waals surface area contributed by atoms with E-state index < -0.39 is 5.97 Å². The molecule has 0 N–H and O–H groups in total. The first-order chi connectivity index (χ1) is 12.1. The van der Waals surface area contributed by atoms with E-state index >= 15 is 0 Å². The molecule has 0 radical (unpaired) electrons. The molecule has 0 atom stereocenters. The van der Waals surface area contributed by atoms with Gasteiger partial charge in [0.15, 0.2) is 18.1 Å². The van der Waals surface area contributed by atoms with Gasteiger partial charge in [0.25, 0.3) is 5.91 Å². The Bertz CT molecular complexity index is 791. The second-order valence-corrected chi connectivity index (χ2v) is 7.06. The van der Waals surface area contributed by atoms with Crippen LogP contribution in [0.2, 0.25) is 4.34 Å². The molecule has 2 aromatic rings.